The number of hydrogen-bond acceptors (Lipinski definition) is 5. The molecule has 6 nitrogen and oxygen atoms in total. The Balaban J connectivity index is 2.05. The van der Waals surface area contributed by atoms with E-state index in [-0.39, 0.29) is 19.0 Å². The standard InChI is InChI=1S/C14H16N2O4/c1-9-5-12(20-13(9)14(18)16-15)8-19-11-4-2-3-10(6-11)7-17/h2-6,17H,7-8,15H2,1H3,(H,16,18). The van der Waals surface area contributed by atoms with Crippen molar-refractivity contribution in [3.05, 3.63) is 53.0 Å². The lowest BCUT2D eigenvalue weighted by atomic mass is 10.2. The molecule has 2 rings (SSSR count). The van der Waals surface area contributed by atoms with Crippen LogP contribution in [0.15, 0.2) is 34.7 Å². The van der Waals surface area contributed by atoms with E-state index >= 15 is 0 Å². The Labute approximate surface area is 116 Å². The zero-order valence-electron chi connectivity index (χ0n) is 11.1. The summed E-state index contributed by atoms with van der Waals surface area (Å²) in [4.78, 5) is 11.4. The first-order valence-electron chi connectivity index (χ1n) is 6.07. The highest BCUT2D eigenvalue weighted by molar-refractivity contribution is 5.92. The fraction of sp³-hybridized carbons (Fsp3) is 0.214. The molecule has 1 heterocycles. The second-order valence-electron chi connectivity index (χ2n) is 4.29. The third-order valence-corrected chi connectivity index (χ3v) is 2.77. The van der Waals surface area contributed by atoms with Gasteiger partial charge in [0.15, 0.2) is 5.76 Å². The van der Waals surface area contributed by atoms with E-state index < -0.39 is 5.91 Å². The molecule has 0 bridgehead atoms. The van der Waals surface area contributed by atoms with Gasteiger partial charge in [-0.3, -0.25) is 10.2 Å². The van der Waals surface area contributed by atoms with Gasteiger partial charge in [0.2, 0.25) is 0 Å². The van der Waals surface area contributed by atoms with Gasteiger partial charge < -0.3 is 14.3 Å². The molecule has 1 aromatic carbocycles. The number of nitrogens with two attached hydrogens (primary N) is 1. The van der Waals surface area contributed by atoms with Crippen LogP contribution < -0.4 is 16.0 Å². The molecule has 0 aliphatic heterocycles. The lowest BCUT2D eigenvalue weighted by Crippen LogP contribution is -2.30. The number of ether oxygens (including phenoxy) is 1. The molecule has 0 radical (unpaired) electrons. The van der Waals surface area contributed by atoms with E-state index in [9.17, 15) is 4.79 Å². The summed E-state index contributed by atoms with van der Waals surface area (Å²) in [6, 6.07) is 8.83. The highest BCUT2D eigenvalue weighted by atomic mass is 16.5. The number of carbonyl (C=O) groups excluding carboxylic acids is 1. The number of aliphatic hydroxyl groups excluding tert-OH is 1. The van der Waals surface area contributed by atoms with Crippen LogP contribution in [-0.2, 0) is 13.2 Å². The lowest BCUT2D eigenvalue weighted by molar-refractivity contribution is 0.0921. The van der Waals surface area contributed by atoms with Crippen molar-refractivity contribution in [3.63, 3.8) is 0 Å². The molecule has 1 amide bonds. The number of benzene rings is 1. The first-order chi connectivity index (χ1) is 9.63. The highest BCUT2D eigenvalue weighted by Crippen LogP contribution is 2.18. The summed E-state index contributed by atoms with van der Waals surface area (Å²) in [5.41, 5.74) is 3.48. The Morgan fingerprint density at radius 2 is 2.25 bits per heavy atom. The first-order valence-corrected chi connectivity index (χ1v) is 6.07. The average Bonchev–Trinajstić information content (AvgIpc) is 2.85. The van der Waals surface area contributed by atoms with E-state index in [4.69, 9.17) is 20.1 Å². The Morgan fingerprint density at radius 3 is 2.95 bits per heavy atom. The Bertz CT molecular complexity index is 607. The van der Waals surface area contributed by atoms with E-state index in [1.807, 2.05) is 5.43 Å². The minimum Gasteiger partial charge on any atom is -0.486 e. The van der Waals surface area contributed by atoms with Crippen molar-refractivity contribution in [1.29, 1.82) is 0 Å². The normalized spacial score (nSPS) is 10.3. The van der Waals surface area contributed by atoms with E-state index in [0.717, 1.165) is 5.56 Å². The molecule has 6 heteroatoms. The fourth-order valence-corrected chi connectivity index (χ4v) is 1.80. The van der Waals surface area contributed by atoms with Gasteiger partial charge in [-0.15, -0.1) is 0 Å². The van der Waals surface area contributed by atoms with Crippen molar-refractivity contribution in [1.82, 2.24) is 5.43 Å². The molecule has 0 fully saturated rings. The van der Waals surface area contributed by atoms with Crippen molar-refractivity contribution in [2.45, 2.75) is 20.1 Å². The molecule has 0 atom stereocenters. The summed E-state index contributed by atoms with van der Waals surface area (Å²) in [6.45, 7) is 1.90. The maximum absolute atomic E-state index is 11.4. The van der Waals surface area contributed by atoms with Gasteiger partial charge in [-0.05, 0) is 30.7 Å². The van der Waals surface area contributed by atoms with Crippen LogP contribution in [-0.4, -0.2) is 11.0 Å². The summed E-state index contributed by atoms with van der Waals surface area (Å²) in [5.74, 6) is 5.91. The maximum atomic E-state index is 11.4. The Morgan fingerprint density at radius 1 is 1.45 bits per heavy atom. The predicted molar refractivity (Wildman–Crippen MR) is 71.8 cm³/mol. The number of furan rings is 1. The smallest absolute Gasteiger partial charge is 0.301 e. The molecule has 2 aromatic rings. The predicted octanol–water partition coefficient (Wildman–Crippen LogP) is 1.26. The molecule has 20 heavy (non-hydrogen) atoms. The third kappa shape index (κ3) is 3.17. The van der Waals surface area contributed by atoms with Gasteiger partial charge >= 0.3 is 5.91 Å². The van der Waals surface area contributed by atoms with Gasteiger partial charge in [-0.25, -0.2) is 5.84 Å². The second kappa shape index (κ2) is 6.23. The number of aliphatic hydroxyl groups is 1. The summed E-state index contributed by atoms with van der Waals surface area (Å²) < 4.78 is 10.9. The van der Waals surface area contributed by atoms with Crippen LogP contribution in [0.5, 0.6) is 5.75 Å². The van der Waals surface area contributed by atoms with Gasteiger partial charge in [0, 0.05) is 5.56 Å². The van der Waals surface area contributed by atoms with E-state index in [1.54, 1.807) is 37.3 Å². The van der Waals surface area contributed by atoms with Crippen molar-refractivity contribution in [2.24, 2.45) is 5.84 Å². The molecule has 4 N–H and O–H groups in total. The van der Waals surface area contributed by atoms with Gasteiger partial charge in [0.1, 0.15) is 18.1 Å². The molecule has 0 saturated heterocycles. The molecule has 106 valence electrons. The minimum atomic E-state index is -0.476. The molecule has 0 aliphatic rings. The monoisotopic (exact) mass is 276 g/mol. The Kier molecular flexibility index (Phi) is 4.39. The second-order valence-corrected chi connectivity index (χ2v) is 4.29. The first kappa shape index (κ1) is 14.1. The van der Waals surface area contributed by atoms with Crippen molar-refractivity contribution >= 4 is 5.91 Å². The van der Waals surface area contributed by atoms with E-state index in [2.05, 4.69) is 0 Å². The molecule has 0 aliphatic carbocycles. The van der Waals surface area contributed by atoms with Crippen LogP contribution in [0, 0.1) is 6.92 Å². The molecule has 0 spiro atoms. The number of nitrogens with one attached hydrogen (secondary N) is 1. The van der Waals surface area contributed by atoms with Crippen molar-refractivity contribution in [3.8, 4) is 5.75 Å². The van der Waals surface area contributed by atoms with Crippen LogP contribution in [0.3, 0.4) is 0 Å². The van der Waals surface area contributed by atoms with Gasteiger partial charge in [0.25, 0.3) is 0 Å². The third-order valence-electron chi connectivity index (χ3n) is 2.77. The number of rotatable bonds is 5. The Hall–Kier alpha value is -2.31. The zero-order chi connectivity index (χ0) is 14.5. The number of amides is 1. The van der Waals surface area contributed by atoms with Crippen LogP contribution in [0.2, 0.25) is 0 Å². The van der Waals surface area contributed by atoms with Crippen LogP contribution >= 0.6 is 0 Å². The largest absolute Gasteiger partial charge is 0.486 e. The molecule has 0 saturated carbocycles. The highest BCUT2D eigenvalue weighted by Gasteiger charge is 2.14. The minimum absolute atomic E-state index is 0.0438. The average molecular weight is 276 g/mol. The summed E-state index contributed by atoms with van der Waals surface area (Å²) in [6.07, 6.45) is 0. The van der Waals surface area contributed by atoms with E-state index in [1.165, 1.54) is 0 Å². The number of aryl methyl sites for hydroxylation is 1. The van der Waals surface area contributed by atoms with Crippen LogP contribution in [0.1, 0.15) is 27.4 Å². The van der Waals surface area contributed by atoms with E-state index in [0.29, 0.717) is 17.1 Å². The van der Waals surface area contributed by atoms with Crippen LogP contribution in [0.25, 0.3) is 0 Å². The summed E-state index contributed by atoms with van der Waals surface area (Å²) in [5, 5.41) is 9.04. The van der Waals surface area contributed by atoms with Crippen LogP contribution in [0.4, 0.5) is 0 Å². The number of nitrogen functional groups attached to an aromatic ring is 1. The summed E-state index contributed by atoms with van der Waals surface area (Å²) in [7, 11) is 0. The molecular weight excluding hydrogens is 260 g/mol. The zero-order valence-corrected chi connectivity index (χ0v) is 11.1. The summed E-state index contributed by atoms with van der Waals surface area (Å²) >= 11 is 0. The molecule has 0 unspecified atom stereocenters. The van der Waals surface area contributed by atoms with Gasteiger partial charge in [-0.1, -0.05) is 12.1 Å². The SMILES string of the molecule is Cc1cc(COc2cccc(CO)c2)oc1C(=O)NN. The number of hydrazine groups is 1. The molecular formula is C14H16N2O4. The lowest BCUT2D eigenvalue weighted by Gasteiger charge is -2.05. The number of carbonyl (C=O) groups is 1. The quantitative estimate of drug-likeness (QED) is 0.434. The fourth-order valence-electron chi connectivity index (χ4n) is 1.80. The van der Waals surface area contributed by atoms with Gasteiger partial charge in [-0.2, -0.15) is 0 Å². The topological polar surface area (TPSA) is 97.7 Å². The van der Waals surface area contributed by atoms with Gasteiger partial charge in [0.05, 0.1) is 6.61 Å². The maximum Gasteiger partial charge on any atom is 0.301 e. The van der Waals surface area contributed by atoms with Crippen molar-refractivity contribution in [2.75, 3.05) is 0 Å². The molecule has 1 aromatic heterocycles. The number of hydrogen-bond donors (Lipinski definition) is 3. The van der Waals surface area contributed by atoms with Crippen molar-refractivity contribution < 1.29 is 19.1 Å².